The molecule has 1 aromatic heterocycles. The van der Waals surface area contributed by atoms with E-state index < -0.39 is 0 Å². The van der Waals surface area contributed by atoms with Crippen LogP contribution >= 0.6 is 0 Å². The van der Waals surface area contributed by atoms with E-state index in [-0.39, 0.29) is 6.10 Å². The molecular formula is C24H31N5O2. The van der Waals surface area contributed by atoms with Gasteiger partial charge in [-0.2, -0.15) is 5.26 Å². The number of nitrogens with zero attached hydrogens (tertiary/aromatic N) is 3. The van der Waals surface area contributed by atoms with Crippen LogP contribution in [0.5, 0.6) is 0 Å². The van der Waals surface area contributed by atoms with Crippen LogP contribution in [0.15, 0.2) is 30.3 Å². The normalized spacial score (nSPS) is 18.4. The van der Waals surface area contributed by atoms with E-state index in [9.17, 15) is 5.26 Å². The highest BCUT2D eigenvalue weighted by molar-refractivity contribution is 5.66. The second kappa shape index (κ2) is 10.6. The largest absolute Gasteiger partial charge is 0.383 e. The number of nitriles is 1. The van der Waals surface area contributed by atoms with Crippen LogP contribution in [0.25, 0.3) is 0 Å². The number of aromatic nitrogens is 1. The number of rotatable bonds is 9. The lowest BCUT2D eigenvalue weighted by Crippen LogP contribution is -2.32. The van der Waals surface area contributed by atoms with E-state index in [1.54, 1.807) is 7.11 Å². The maximum Gasteiger partial charge on any atom is 0.146 e. The average molecular weight is 422 g/mol. The van der Waals surface area contributed by atoms with Crippen molar-refractivity contribution in [1.29, 1.82) is 5.26 Å². The second-order valence-corrected chi connectivity index (χ2v) is 8.13. The zero-order chi connectivity index (χ0) is 21.5. The van der Waals surface area contributed by atoms with Crippen LogP contribution in [0.3, 0.4) is 0 Å². The molecule has 7 nitrogen and oxygen atoms in total. The van der Waals surface area contributed by atoms with E-state index in [0.717, 1.165) is 62.4 Å². The lowest BCUT2D eigenvalue weighted by atomic mass is 9.95. The summed E-state index contributed by atoms with van der Waals surface area (Å²) in [4.78, 5) is 7.27. The van der Waals surface area contributed by atoms with Crippen LogP contribution in [0.2, 0.25) is 0 Å². The Balaban J connectivity index is 1.58. The summed E-state index contributed by atoms with van der Waals surface area (Å²) in [5.41, 5.74) is 4.20. The smallest absolute Gasteiger partial charge is 0.146 e. The molecule has 0 bridgehead atoms. The number of fused-ring (bicyclic) bond motifs is 1. The number of nitrogens with one attached hydrogen (secondary N) is 2. The summed E-state index contributed by atoms with van der Waals surface area (Å²) in [5.74, 6) is 1.51. The Kier molecular flexibility index (Phi) is 7.36. The van der Waals surface area contributed by atoms with E-state index in [1.807, 2.05) is 6.07 Å². The van der Waals surface area contributed by atoms with E-state index >= 15 is 0 Å². The van der Waals surface area contributed by atoms with Gasteiger partial charge < -0.3 is 20.1 Å². The molecule has 0 aliphatic carbocycles. The summed E-state index contributed by atoms with van der Waals surface area (Å²) in [7, 11) is 1.69. The van der Waals surface area contributed by atoms with Crippen molar-refractivity contribution in [2.75, 3.05) is 50.6 Å². The molecular weight excluding hydrogens is 390 g/mol. The van der Waals surface area contributed by atoms with Gasteiger partial charge in [0.05, 0.1) is 18.3 Å². The number of ether oxygens (including phenoxy) is 2. The molecule has 2 aromatic rings. The number of hydrogen-bond donors (Lipinski definition) is 2. The van der Waals surface area contributed by atoms with Crippen molar-refractivity contribution in [3.63, 3.8) is 0 Å². The molecule has 2 N–H and O–H groups in total. The van der Waals surface area contributed by atoms with E-state index in [1.165, 1.54) is 5.56 Å². The van der Waals surface area contributed by atoms with Gasteiger partial charge in [-0.25, -0.2) is 4.98 Å². The van der Waals surface area contributed by atoms with Crippen molar-refractivity contribution in [3.05, 3.63) is 52.6 Å². The molecule has 4 rings (SSSR count). The third-order valence-corrected chi connectivity index (χ3v) is 5.95. The zero-order valence-corrected chi connectivity index (χ0v) is 18.2. The first kappa shape index (κ1) is 21.6. The molecule has 0 spiro atoms. The van der Waals surface area contributed by atoms with Crippen LogP contribution in [0.1, 0.15) is 35.1 Å². The van der Waals surface area contributed by atoms with Crippen LogP contribution < -0.4 is 10.6 Å². The molecule has 1 aromatic carbocycles. The monoisotopic (exact) mass is 421 g/mol. The Bertz CT molecular complexity index is 906. The number of hydrogen-bond acceptors (Lipinski definition) is 7. The molecule has 31 heavy (non-hydrogen) atoms. The molecule has 2 aliphatic rings. The average Bonchev–Trinajstić information content (AvgIpc) is 3.32. The standard InChI is InChI=1S/C24H31N5O2/c1-30-13-10-26-24-22-17-29(16-18-6-3-2-4-7-18)11-9-20(22)21(14-25)23(28-24)27-15-19-8-5-12-31-19/h2-4,6-7,19H,5,8-13,15-17H2,1H3,(H2,26,27,28). The molecule has 3 heterocycles. The Labute approximate surface area is 184 Å². The van der Waals surface area contributed by atoms with Crippen molar-refractivity contribution >= 4 is 11.6 Å². The van der Waals surface area contributed by atoms with Gasteiger partial charge in [-0.3, -0.25) is 4.90 Å². The van der Waals surface area contributed by atoms with Gasteiger partial charge in [-0.1, -0.05) is 30.3 Å². The van der Waals surface area contributed by atoms with Gasteiger partial charge in [0.25, 0.3) is 0 Å². The molecule has 0 amide bonds. The van der Waals surface area contributed by atoms with Gasteiger partial charge in [-0.15, -0.1) is 0 Å². The predicted molar refractivity (Wildman–Crippen MR) is 121 cm³/mol. The summed E-state index contributed by atoms with van der Waals surface area (Å²) in [6.45, 7) is 5.35. The Hall–Kier alpha value is -2.66. The minimum absolute atomic E-state index is 0.190. The van der Waals surface area contributed by atoms with Crippen LogP contribution in [-0.2, 0) is 29.0 Å². The van der Waals surface area contributed by atoms with Crippen LogP contribution in [0.4, 0.5) is 11.6 Å². The Morgan fingerprint density at radius 3 is 2.84 bits per heavy atom. The molecule has 1 atom stereocenters. The molecule has 2 aliphatic heterocycles. The Morgan fingerprint density at radius 1 is 1.23 bits per heavy atom. The van der Waals surface area contributed by atoms with Crippen LogP contribution in [-0.4, -0.2) is 55.9 Å². The second-order valence-electron chi connectivity index (χ2n) is 8.13. The zero-order valence-electron chi connectivity index (χ0n) is 18.2. The first-order valence-electron chi connectivity index (χ1n) is 11.1. The predicted octanol–water partition coefficient (Wildman–Crippen LogP) is 3.16. The quantitative estimate of drug-likeness (QED) is 0.602. The molecule has 1 fully saturated rings. The molecule has 0 radical (unpaired) electrons. The van der Waals surface area contributed by atoms with Crippen molar-refractivity contribution in [2.45, 2.75) is 38.5 Å². The van der Waals surface area contributed by atoms with Crippen molar-refractivity contribution in [2.24, 2.45) is 0 Å². The SMILES string of the molecule is COCCNc1nc(NCC2CCCO2)c(C#N)c2c1CN(Cc1ccccc1)CC2. The lowest BCUT2D eigenvalue weighted by molar-refractivity contribution is 0.120. The first-order valence-corrected chi connectivity index (χ1v) is 11.1. The Morgan fingerprint density at radius 2 is 2.10 bits per heavy atom. The minimum Gasteiger partial charge on any atom is -0.383 e. The summed E-state index contributed by atoms with van der Waals surface area (Å²) in [5, 5.41) is 16.8. The number of benzene rings is 1. The number of methoxy groups -OCH3 is 1. The summed E-state index contributed by atoms with van der Waals surface area (Å²) in [6, 6.07) is 12.9. The fraction of sp³-hybridized carbons (Fsp3) is 0.500. The topological polar surface area (TPSA) is 82.4 Å². The molecule has 7 heteroatoms. The fourth-order valence-corrected chi connectivity index (χ4v) is 4.35. The number of anilines is 2. The van der Waals surface area contributed by atoms with Crippen molar-refractivity contribution in [1.82, 2.24) is 9.88 Å². The summed E-state index contributed by atoms with van der Waals surface area (Å²) >= 11 is 0. The van der Waals surface area contributed by atoms with Gasteiger partial charge >= 0.3 is 0 Å². The molecule has 164 valence electrons. The number of pyridine rings is 1. The van der Waals surface area contributed by atoms with Crippen molar-refractivity contribution in [3.8, 4) is 6.07 Å². The highest BCUT2D eigenvalue weighted by Gasteiger charge is 2.26. The summed E-state index contributed by atoms with van der Waals surface area (Å²) in [6.07, 6.45) is 3.17. The van der Waals surface area contributed by atoms with Crippen molar-refractivity contribution < 1.29 is 9.47 Å². The maximum atomic E-state index is 9.96. The highest BCUT2D eigenvalue weighted by Crippen LogP contribution is 2.32. The van der Waals surface area contributed by atoms with Gasteiger partial charge in [-0.05, 0) is 30.4 Å². The van der Waals surface area contributed by atoms with E-state index in [2.05, 4.69) is 45.9 Å². The highest BCUT2D eigenvalue weighted by atomic mass is 16.5. The van der Waals surface area contributed by atoms with Gasteiger partial charge in [0.1, 0.15) is 17.7 Å². The van der Waals surface area contributed by atoms with E-state index in [0.29, 0.717) is 31.1 Å². The fourth-order valence-electron chi connectivity index (χ4n) is 4.35. The minimum atomic E-state index is 0.190. The summed E-state index contributed by atoms with van der Waals surface area (Å²) < 4.78 is 10.9. The maximum absolute atomic E-state index is 9.96. The molecule has 0 saturated carbocycles. The van der Waals surface area contributed by atoms with E-state index in [4.69, 9.17) is 14.5 Å². The molecule has 1 unspecified atom stereocenters. The molecule has 1 saturated heterocycles. The van der Waals surface area contributed by atoms with Gasteiger partial charge in [0, 0.05) is 52.0 Å². The first-order chi connectivity index (χ1) is 15.3. The third-order valence-electron chi connectivity index (χ3n) is 5.95. The van der Waals surface area contributed by atoms with Crippen LogP contribution in [0, 0.1) is 11.3 Å². The lowest BCUT2D eigenvalue weighted by Gasteiger charge is -2.31. The third kappa shape index (κ3) is 5.34. The van der Waals surface area contributed by atoms with Gasteiger partial charge in [0.2, 0.25) is 0 Å². The van der Waals surface area contributed by atoms with Gasteiger partial charge in [0.15, 0.2) is 0 Å².